The first-order valence-electron chi connectivity index (χ1n) is 1.78. The van der Waals surface area contributed by atoms with Gasteiger partial charge in [0.25, 0.3) is 0 Å². The lowest BCUT2D eigenvalue weighted by atomic mass is 11.2. The van der Waals surface area contributed by atoms with Gasteiger partial charge in [-0.25, -0.2) is 0 Å². The molecule has 1 rings (SSSR count). The van der Waals surface area contributed by atoms with E-state index in [1.165, 1.54) is 0 Å². The van der Waals surface area contributed by atoms with Gasteiger partial charge in [-0.1, -0.05) is 0 Å². The van der Waals surface area contributed by atoms with Crippen LogP contribution in [0.3, 0.4) is 0 Å². The van der Waals surface area contributed by atoms with Crippen LogP contribution in [0.5, 0.6) is 0 Å². The van der Waals surface area contributed by atoms with Crippen molar-refractivity contribution in [2.45, 2.75) is 0 Å². The first-order chi connectivity index (χ1) is 3.41. The van der Waals surface area contributed by atoms with Gasteiger partial charge in [0.1, 0.15) is 0 Å². The Hall–Kier alpha value is 0.0200. The molecule has 0 radical (unpaired) electrons. The van der Waals surface area contributed by atoms with Crippen molar-refractivity contribution >= 4 is 8.46 Å². The van der Waals surface area contributed by atoms with E-state index in [9.17, 15) is 0 Å². The van der Waals surface area contributed by atoms with Crippen LogP contribution < -0.4 is 0 Å². The third kappa shape index (κ3) is 6.02. The molecule has 0 aromatic carbocycles. The molecule has 0 spiro atoms. The summed E-state index contributed by atoms with van der Waals surface area (Å²) in [5.41, 5.74) is 0. The molecule has 0 N–H and O–H groups in total. The third-order valence-electron chi connectivity index (χ3n) is 0.333. The van der Waals surface area contributed by atoms with Crippen molar-refractivity contribution in [3.63, 3.8) is 0 Å². The minimum atomic E-state index is 0.167. The number of hydrogen-bond donors (Lipinski definition) is 0. The van der Waals surface area contributed by atoms with Crippen LogP contribution in [0, 0.1) is 0 Å². The Morgan fingerprint density at radius 3 is 1.57 bits per heavy atom. The molecule has 0 aromatic rings. The molecule has 4 heteroatoms. The summed E-state index contributed by atoms with van der Waals surface area (Å²) >= 11 is 0. The van der Waals surface area contributed by atoms with Gasteiger partial charge in [0, 0.05) is 6.66 Å². The Kier molecular flexibility index (Phi) is 6.04. The van der Waals surface area contributed by atoms with Gasteiger partial charge >= 0.3 is 0 Å². The van der Waals surface area contributed by atoms with Crippen LogP contribution >= 0.6 is 8.46 Å². The van der Waals surface area contributed by atoms with Gasteiger partial charge < -0.3 is 9.47 Å². The second kappa shape index (κ2) is 6.02. The van der Waals surface area contributed by atoms with E-state index in [4.69, 9.17) is 4.57 Å². The van der Waals surface area contributed by atoms with Crippen molar-refractivity contribution in [2.75, 3.05) is 20.3 Å². The zero-order valence-corrected chi connectivity index (χ0v) is 4.98. The minimum absolute atomic E-state index is 0.167. The van der Waals surface area contributed by atoms with Crippen LogP contribution in [0.2, 0.25) is 0 Å². The first-order valence-corrected chi connectivity index (χ1v) is 3.04. The van der Waals surface area contributed by atoms with Crippen LogP contribution in [-0.4, -0.2) is 20.3 Å². The first kappa shape index (κ1) is 7.02. The maximum Gasteiger partial charge on any atom is 0.152 e. The van der Waals surface area contributed by atoms with Crippen LogP contribution in [-0.2, 0) is 14.0 Å². The highest BCUT2D eigenvalue weighted by Gasteiger charge is 1.93. The highest BCUT2D eigenvalue weighted by atomic mass is 31.1. The van der Waals surface area contributed by atoms with Crippen LogP contribution in [0.1, 0.15) is 0 Å². The van der Waals surface area contributed by atoms with E-state index in [-0.39, 0.29) is 8.46 Å². The van der Waals surface area contributed by atoms with Crippen LogP contribution in [0.25, 0.3) is 0 Å². The monoisotopic (exact) mass is 122 g/mol. The van der Waals surface area contributed by atoms with E-state index in [2.05, 4.69) is 9.47 Å². The standard InChI is InChI=1S/C2H4O2.CH3OP/c1-3-2-4-1;1-3-2/h1-2H2;1H3. The van der Waals surface area contributed by atoms with Gasteiger partial charge in [-0.3, -0.25) is 4.57 Å². The third-order valence-corrected chi connectivity index (χ3v) is 0.333. The Balaban J connectivity index is 0.000000110. The summed E-state index contributed by atoms with van der Waals surface area (Å²) in [4.78, 5) is 0. The van der Waals surface area contributed by atoms with Crippen molar-refractivity contribution in [3.05, 3.63) is 0 Å². The Morgan fingerprint density at radius 1 is 1.43 bits per heavy atom. The largest absolute Gasteiger partial charge is 0.329 e. The van der Waals surface area contributed by atoms with Crippen LogP contribution in [0.15, 0.2) is 0 Å². The molecule has 1 fully saturated rings. The average molecular weight is 122 g/mol. The van der Waals surface area contributed by atoms with Crippen molar-refractivity contribution in [3.8, 4) is 0 Å². The lowest BCUT2D eigenvalue weighted by Gasteiger charge is -2.10. The fourth-order valence-corrected chi connectivity index (χ4v) is 0.0833. The second-order valence-corrected chi connectivity index (χ2v) is 1.19. The summed E-state index contributed by atoms with van der Waals surface area (Å²) in [6.07, 6.45) is 0. The molecule has 42 valence electrons. The van der Waals surface area contributed by atoms with Crippen molar-refractivity contribution in [1.82, 2.24) is 0 Å². The number of ether oxygens (including phenoxy) is 2. The highest BCUT2D eigenvalue weighted by molar-refractivity contribution is 7.22. The maximum absolute atomic E-state index is 8.90. The summed E-state index contributed by atoms with van der Waals surface area (Å²) in [6, 6.07) is 0. The molecular weight excluding hydrogens is 115 g/mol. The normalized spacial score (nSPS) is 16.7. The van der Waals surface area contributed by atoms with Crippen molar-refractivity contribution < 1.29 is 14.0 Å². The molecule has 1 saturated heterocycles. The molecule has 0 aromatic heterocycles. The van der Waals surface area contributed by atoms with Gasteiger partial charge in [0.15, 0.2) is 22.0 Å². The Morgan fingerprint density at radius 2 is 1.57 bits per heavy atom. The smallest absolute Gasteiger partial charge is 0.152 e. The molecule has 1 aliphatic heterocycles. The van der Waals surface area contributed by atoms with Crippen LogP contribution in [0.4, 0.5) is 0 Å². The molecule has 0 aliphatic carbocycles. The van der Waals surface area contributed by atoms with E-state index in [0.717, 1.165) is 0 Å². The summed E-state index contributed by atoms with van der Waals surface area (Å²) in [5.74, 6) is 0. The molecule has 0 bridgehead atoms. The number of hydrogen-bond acceptors (Lipinski definition) is 3. The molecule has 0 saturated carbocycles. The van der Waals surface area contributed by atoms with E-state index in [0.29, 0.717) is 13.6 Å². The lowest BCUT2D eigenvalue weighted by Crippen LogP contribution is -2.14. The summed E-state index contributed by atoms with van der Waals surface area (Å²) in [6.45, 7) is 2.54. The van der Waals surface area contributed by atoms with E-state index in [1.54, 1.807) is 6.66 Å². The predicted molar refractivity (Wildman–Crippen MR) is 25.4 cm³/mol. The zero-order valence-electron chi connectivity index (χ0n) is 4.09. The average Bonchev–Trinajstić information content (AvgIpc) is 1.27. The summed E-state index contributed by atoms with van der Waals surface area (Å²) in [7, 11) is 0.167. The van der Waals surface area contributed by atoms with Gasteiger partial charge in [-0.05, 0) is 0 Å². The van der Waals surface area contributed by atoms with Gasteiger partial charge in [0.05, 0.1) is 0 Å². The molecule has 0 unspecified atom stereocenters. The Bertz CT molecular complexity index is 39.4. The predicted octanol–water partition coefficient (Wildman–Crippen LogP) is 0.856. The lowest BCUT2D eigenvalue weighted by molar-refractivity contribution is -0.247. The summed E-state index contributed by atoms with van der Waals surface area (Å²) < 4.78 is 17.9. The van der Waals surface area contributed by atoms with E-state index >= 15 is 0 Å². The molecular formula is C3H7O3P. The molecule has 1 heterocycles. The van der Waals surface area contributed by atoms with Gasteiger partial charge in [-0.15, -0.1) is 0 Å². The van der Waals surface area contributed by atoms with Crippen molar-refractivity contribution in [2.24, 2.45) is 0 Å². The Labute approximate surface area is 43.8 Å². The van der Waals surface area contributed by atoms with Gasteiger partial charge in [0.2, 0.25) is 0 Å². The summed E-state index contributed by atoms with van der Waals surface area (Å²) in [5, 5.41) is 0. The topological polar surface area (TPSA) is 35.5 Å². The van der Waals surface area contributed by atoms with Gasteiger partial charge in [-0.2, -0.15) is 0 Å². The fourth-order valence-electron chi connectivity index (χ4n) is 0.0833. The second-order valence-electron chi connectivity index (χ2n) is 0.827. The highest BCUT2D eigenvalue weighted by Crippen LogP contribution is 1.87. The fraction of sp³-hybridized carbons (Fsp3) is 1.00. The van der Waals surface area contributed by atoms with E-state index in [1.807, 2.05) is 0 Å². The van der Waals surface area contributed by atoms with Crippen molar-refractivity contribution in [1.29, 1.82) is 0 Å². The maximum atomic E-state index is 8.90. The molecule has 7 heavy (non-hydrogen) atoms. The SMILES string of the molecule is C1OCO1.CP=O. The zero-order chi connectivity index (χ0) is 5.54. The molecule has 1 aliphatic rings. The molecule has 0 amide bonds. The quantitative estimate of drug-likeness (QED) is 0.447. The number of rotatable bonds is 0. The minimum Gasteiger partial charge on any atom is -0.329 e. The molecule has 3 nitrogen and oxygen atoms in total. The van der Waals surface area contributed by atoms with E-state index < -0.39 is 0 Å². The molecule has 0 atom stereocenters.